The molecule has 25 heavy (non-hydrogen) atoms. The maximum atomic E-state index is 11.9. The van der Waals surface area contributed by atoms with Gasteiger partial charge in [0.15, 0.2) is 0 Å². The third-order valence-electron chi connectivity index (χ3n) is 3.36. The van der Waals surface area contributed by atoms with Gasteiger partial charge in [-0.25, -0.2) is 10.2 Å². The molecule has 0 saturated heterocycles. The van der Waals surface area contributed by atoms with Crippen molar-refractivity contribution in [2.24, 2.45) is 5.10 Å². The van der Waals surface area contributed by atoms with E-state index in [1.54, 1.807) is 24.3 Å². The number of nitro benzene ring substituents is 1. The van der Waals surface area contributed by atoms with Crippen molar-refractivity contribution in [3.8, 4) is 0 Å². The number of nitro groups is 1. The molecular weight excluding hydrogens is 326 g/mol. The van der Waals surface area contributed by atoms with Crippen LogP contribution in [0, 0.1) is 10.1 Å². The first-order chi connectivity index (χ1) is 12.0. The van der Waals surface area contributed by atoms with Crippen LogP contribution in [0.4, 0.5) is 5.69 Å². The molecule has 0 bridgehead atoms. The lowest BCUT2D eigenvalue weighted by molar-refractivity contribution is -0.384. The van der Waals surface area contributed by atoms with Crippen molar-refractivity contribution in [1.82, 2.24) is 5.43 Å². The molecule has 3 rings (SSSR count). The molecule has 0 radical (unpaired) electrons. The number of benzene rings is 2. The maximum absolute atomic E-state index is 11.9. The molecule has 3 aromatic rings. The van der Waals surface area contributed by atoms with Crippen LogP contribution < -0.4 is 11.1 Å². The Kier molecular flexibility index (Phi) is 4.34. The second kappa shape index (κ2) is 6.75. The van der Waals surface area contributed by atoms with E-state index in [9.17, 15) is 19.7 Å². The maximum Gasteiger partial charge on any atom is 0.336 e. The van der Waals surface area contributed by atoms with E-state index in [2.05, 4.69) is 10.5 Å². The average Bonchev–Trinajstić information content (AvgIpc) is 2.61. The topological polar surface area (TPSA) is 115 Å². The Morgan fingerprint density at radius 1 is 1.12 bits per heavy atom. The van der Waals surface area contributed by atoms with Gasteiger partial charge in [0.2, 0.25) is 0 Å². The molecule has 0 spiro atoms. The molecule has 0 aliphatic carbocycles. The fraction of sp³-hybridized carbons (Fsp3) is 0. The zero-order valence-corrected chi connectivity index (χ0v) is 12.7. The van der Waals surface area contributed by atoms with E-state index >= 15 is 0 Å². The SMILES string of the molecule is O=C(N/N=C/c1ccc2oc(=O)ccc2c1)c1ccc([N+](=O)[O-])cc1. The molecule has 124 valence electrons. The lowest BCUT2D eigenvalue weighted by Gasteiger charge is -2.00. The van der Waals surface area contributed by atoms with Crippen LogP contribution in [0.25, 0.3) is 11.0 Å². The van der Waals surface area contributed by atoms with Crippen LogP contribution in [0.5, 0.6) is 0 Å². The highest BCUT2D eigenvalue weighted by Crippen LogP contribution is 2.13. The molecule has 8 nitrogen and oxygen atoms in total. The molecule has 0 fully saturated rings. The highest BCUT2D eigenvalue weighted by molar-refractivity contribution is 5.95. The predicted octanol–water partition coefficient (Wildman–Crippen LogP) is 2.47. The third-order valence-corrected chi connectivity index (χ3v) is 3.36. The summed E-state index contributed by atoms with van der Waals surface area (Å²) in [6.45, 7) is 0. The van der Waals surface area contributed by atoms with Crippen molar-refractivity contribution in [1.29, 1.82) is 0 Å². The van der Waals surface area contributed by atoms with Gasteiger partial charge in [-0.2, -0.15) is 5.10 Å². The van der Waals surface area contributed by atoms with Crippen LogP contribution in [-0.4, -0.2) is 17.0 Å². The van der Waals surface area contributed by atoms with Gasteiger partial charge in [0.05, 0.1) is 11.1 Å². The fourth-order valence-corrected chi connectivity index (χ4v) is 2.14. The number of non-ortho nitro benzene ring substituents is 1. The van der Waals surface area contributed by atoms with Gasteiger partial charge in [0.25, 0.3) is 11.6 Å². The molecule has 1 aromatic heterocycles. The molecule has 0 atom stereocenters. The third kappa shape index (κ3) is 3.75. The van der Waals surface area contributed by atoms with Crippen molar-refractivity contribution in [2.45, 2.75) is 0 Å². The average molecular weight is 337 g/mol. The second-order valence-corrected chi connectivity index (χ2v) is 5.05. The number of amides is 1. The van der Waals surface area contributed by atoms with E-state index in [0.717, 1.165) is 5.39 Å². The number of nitrogens with zero attached hydrogens (tertiary/aromatic N) is 2. The Bertz CT molecular complexity index is 1040. The first-order valence-corrected chi connectivity index (χ1v) is 7.15. The van der Waals surface area contributed by atoms with E-state index in [1.807, 2.05) is 0 Å². The highest BCUT2D eigenvalue weighted by atomic mass is 16.6. The van der Waals surface area contributed by atoms with Crippen molar-refractivity contribution in [2.75, 3.05) is 0 Å². The molecular formula is C17H11N3O5. The largest absolute Gasteiger partial charge is 0.423 e. The molecule has 0 unspecified atom stereocenters. The summed E-state index contributed by atoms with van der Waals surface area (Å²) in [4.78, 5) is 33.1. The summed E-state index contributed by atoms with van der Waals surface area (Å²) in [5.74, 6) is -0.488. The highest BCUT2D eigenvalue weighted by Gasteiger charge is 2.08. The number of carbonyl (C=O) groups excluding carboxylic acids is 1. The molecule has 1 heterocycles. The van der Waals surface area contributed by atoms with Crippen molar-refractivity contribution in [3.05, 3.63) is 86.3 Å². The Hall–Kier alpha value is -3.81. The van der Waals surface area contributed by atoms with E-state index in [1.165, 1.54) is 36.5 Å². The number of carbonyl (C=O) groups is 1. The number of rotatable bonds is 4. The molecule has 1 amide bonds. The lowest BCUT2D eigenvalue weighted by atomic mass is 10.1. The lowest BCUT2D eigenvalue weighted by Crippen LogP contribution is -2.17. The van der Waals surface area contributed by atoms with Crippen molar-refractivity contribution < 1.29 is 14.1 Å². The standard InChI is InChI=1S/C17H11N3O5/c21-16-8-4-13-9-11(1-7-15(13)25-16)10-18-19-17(22)12-2-5-14(6-3-12)20(23)24/h1-10H,(H,19,22)/b18-10+. The summed E-state index contributed by atoms with van der Waals surface area (Å²) < 4.78 is 5.03. The number of hydrogen-bond acceptors (Lipinski definition) is 6. The summed E-state index contributed by atoms with van der Waals surface area (Å²) >= 11 is 0. The molecule has 1 N–H and O–H groups in total. The second-order valence-electron chi connectivity index (χ2n) is 5.05. The van der Waals surface area contributed by atoms with E-state index in [4.69, 9.17) is 4.42 Å². The smallest absolute Gasteiger partial charge is 0.336 e. The summed E-state index contributed by atoms with van der Waals surface area (Å²) in [5, 5.41) is 15.2. The van der Waals surface area contributed by atoms with Gasteiger partial charge >= 0.3 is 5.63 Å². The quantitative estimate of drug-likeness (QED) is 0.340. The van der Waals surface area contributed by atoms with Gasteiger partial charge in [-0.15, -0.1) is 0 Å². The summed E-state index contributed by atoms with van der Waals surface area (Å²) in [6.07, 6.45) is 1.44. The Morgan fingerprint density at radius 3 is 2.60 bits per heavy atom. The Balaban J connectivity index is 1.70. The van der Waals surface area contributed by atoms with Crippen LogP contribution in [0.3, 0.4) is 0 Å². The monoisotopic (exact) mass is 337 g/mol. The van der Waals surface area contributed by atoms with Gasteiger partial charge in [-0.3, -0.25) is 14.9 Å². The van der Waals surface area contributed by atoms with Crippen molar-refractivity contribution in [3.63, 3.8) is 0 Å². The molecule has 0 aliphatic rings. The summed E-state index contributed by atoms with van der Waals surface area (Å²) in [6, 6.07) is 13.2. The Morgan fingerprint density at radius 2 is 1.88 bits per heavy atom. The number of nitrogens with one attached hydrogen (secondary N) is 1. The Labute approximate surface area is 140 Å². The van der Waals surface area contributed by atoms with Gasteiger partial charge in [-0.05, 0) is 42.0 Å². The number of hydrazone groups is 1. The molecule has 2 aromatic carbocycles. The van der Waals surface area contributed by atoms with Crippen LogP contribution in [0.1, 0.15) is 15.9 Å². The van der Waals surface area contributed by atoms with Crippen LogP contribution in [0.15, 0.2) is 68.9 Å². The van der Waals surface area contributed by atoms with Gasteiger partial charge in [-0.1, -0.05) is 0 Å². The van der Waals surface area contributed by atoms with E-state index in [-0.39, 0.29) is 11.3 Å². The van der Waals surface area contributed by atoms with Crippen molar-refractivity contribution >= 4 is 28.8 Å². The summed E-state index contributed by atoms with van der Waals surface area (Å²) in [7, 11) is 0. The molecule has 8 heteroatoms. The summed E-state index contributed by atoms with van der Waals surface area (Å²) in [5.41, 5.74) is 3.23. The van der Waals surface area contributed by atoms with E-state index < -0.39 is 16.5 Å². The van der Waals surface area contributed by atoms with Gasteiger partial charge in [0.1, 0.15) is 5.58 Å². The van der Waals surface area contributed by atoms with E-state index in [0.29, 0.717) is 11.1 Å². The number of hydrogen-bond donors (Lipinski definition) is 1. The minimum atomic E-state index is -0.540. The number of fused-ring (bicyclic) bond motifs is 1. The molecule has 0 aliphatic heterocycles. The normalized spacial score (nSPS) is 10.9. The zero-order chi connectivity index (χ0) is 17.8. The van der Waals surface area contributed by atoms with Crippen LogP contribution >= 0.6 is 0 Å². The minimum absolute atomic E-state index is 0.0946. The first-order valence-electron chi connectivity index (χ1n) is 7.15. The first kappa shape index (κ1) is 16.1. The zero-order valence-electron chi connectivity index (χ0n) is 12.7. The molecule has 0 saturated carbocycles. The fourth-order valence-electron chi connectivity index (χ4n) is 2.14. The van der Waals surface area contributed by atoms with Gasteiger partial charge < -0.3 is 4.42 Å². The van der Waals surface area contributed by atoms with Crippen LogP contribution in [0.2, 0.25) is 0 Å². The van der Waals surface area contributed by atoms with Gasteiger partial charge in [0, 0.05) is 29.1 Å². The predicted molar refractivity (Wildman–Crippen MR) is 90.6 cm³/mol. The minimum Gasteiger partial charge on any atom is -0.423 e. The van der Waals surface area contributed by atoms with Crippen LogP contribution in [-0.2, 0) is 0 Å².